The molecule has 0 aliphatic carbocycles. The highest BCUT2D eigenvalue weighted by Gasteiger charge is 2.36. The van der Waals surface area contributed by atoms with E-state index in [-0.39, 0.29) is 0 Å². The van der Waals surface area contributed by atoms with Gasteiger partial charge in [-0.1, -0.05) is 28.1 Å². The van der Waals surface area contributed by atoms with Crippen LogP contribution < -0.4 is 0 Å². The minimum atomic E-state index is 0.695. The summed E-state index contributed by atoms with van der Waals surface area (Å²) < 4.78 is 1.19. The van der Waals surface area contributed by atoms with Crippen LogP contribution in [0.25, 0.3) is 0 Å². The van der Waals surface area contributed by atoms with E-state index in [1.165, 1.54) is 42.5 Å². The van der Waals surface area contributed by atoms with Gasteiger partial charge in [0.2, 0.25) is 0 Å². The third-order valence-corrected chi connectivity index (χ3v) is 4.99. The van der Waals surface area contributed by atoms with E-state index >= 15 is 0 Å². The van der Waals surface area contributed by atoms with Gasteiger partial charge in [0.05, 0.1) is 0 Å². The minimum Gasteiger partial charge on any atom is -0.298 e. The highest BCUT2D eigenvalue weighted by molar-refractivity contribution is 9.10. The van der Waals surface area contributed by atoms with Crippen LogP contribution >= 0.6 is 15.9 Å². The first-order chi connectivity index (χ1) is 8.74. The maximum Gasteiger partial charge on any atom is 0.0250 e. The Morgan fingerprint density at radius 3 is 3.00 bits per heavy atom. The molecule has 2 aliphatic rings. The lowest BCUT2D eigenvalue weighted by Gasteiger charge is -2.43. The quantitative estimate of drug-likeness (QED) is 0.828. The molecule has 2 heterocycles. The molecule has 0 amide bonds. The molecule has 1 aromatic carbocycles. The van der Waals surface area contributed by atoms with Crippen molar-refractivity contribution < 1.29 is 0 Å². The first-order valence-electron chi connectivity index (χ1n) is 6.96. The third-order valence-electron chi connectivity index (χ3n) is 4.50. The van der Waals surface area contributed by atoms with E-state index in [4.69, 9.17) is 0 Å². The smallest absolute Gasteiger partial charge is 0.0250 e. The van der Waals surface area contributed by atoms with Crippen molar-refractivity contribution in [1.29, 1.82) is 0 Å². The second-order valence-corrected chi connectivity index (χ2v) is 6.50. The van der Waals surface area contributed by atoms with Crippen LogP contribution in [-0.2, 0) is 6.54 Å². The largest absolute Gasteiger partial charge is 0.298 e. The molecule has 0 bridgehead atoms. The molecular weight excluding hydrogens is 288 g/mol. The van der Waals surface area contributed by atoms with Crippen LogP contribution in [-0.4, -0.2) is 41.5 Å². The maximum atomic E-state index is 3.56. The van der Waals surface area contributed by atoms with E-state index < -0.39 is 0 Å². The molecule has 3 heteroatoms. The molecule has 18 heavy (non-hydrogen) atoms. The summed E-state index contributed by atoms with van der Waals surface area (Å²) in [6.45, 7) is 7.28. The summed E-state index contributed by atoms with van der Waals surface area (Å²) in [6.07, 6.45) is 2.77. The first kappa shape index (κ1) is 12.6. The Labute approximate surface area is 118 Å². The van der Waals surface area contributed by atoms with Gasteiger partial charge >= 0.3 is 0 Å². The molecular formula is C15H21BrN2. The van der Waals surface area contributed by atoms with Crippen molar-refractivity contribution in [3.63, 3.8) is 0 Å². The Morgan fingerprint density at radius 2 is 2.17 bits per heavy atom. The van der Waals surface area contributed by atoms with Crippen molar-refractivity contribution in [3.05, 3.63) is 34.3 Å². The van der Waals surface area contributed by atoms with Gasteiger partial charge in [-0.05, 0) is 44.0 Å². The van der Waals surface area contributed by atoms with E-state index in [1.54, 1.807) is 0 Å². The van der Waals surface area contributed by atoms with Crippen LogP contribution in [0.5, 0.6) is 0 Å². The van der Waals surface area contributed by atoms with Gasteiger partial charge in [-0.15, -0.1) is 0 Å². The van der Waals surface area contributed by atoms with Gasteiger partial charge in [0.1, 0.15) is 0 Å². The number of benzene rings is 1. The summed E-state index contributed by atoms with van der Waals surface area (Å²) in [4.78, 5) is 5.33. The number of rotatable bonds is 2. The van der Waals surface area contributed by atoms with E-state index in [1.807, 2.05) is 0 Å². The lowest BCUT2D eigenvalue weighted by Crippen LogP contribution is -2.55. The number of hydrogen-bond acceptors (Lipinski definition) is 2. The molecule has 98 valence electrons. The van der Waals surface area contributed by atoms with E-state index in [0.29, 0.717) is 6.04 Å². The molecule has 0 unspecified atom stereocenters. The number of piperazine rings is 1. The molecule has 0 aromatic heterocycles. The molecule has 0 saturated carbocycles. The molecule has 2 aliphatic heterocycles. The van der Waals surface area contributed by atoms with Crippen molar-refractivity contribution in [2.24, 2.45) is 0 Å². The average molecular weight is 309 g/mol. The zero-order chi connectivity index (χ0) is 12.5. The predicted octanol–water partition coefficient (Wildman–Crippen LogP) is 3.12. The van der Waals surface area contributed by atoms with Gasteiger partial charge in [0.25, 0.3) is 0 Å². The molecule has 3 rings (SSSR count). The molecule has 2 nitrogen and oxygen atoms in total. The van der Waals surface area contributed by atoms with Crippen LogP contribution in [0.3, 0.4) is 0 Å². The lowest BCUT2D eigenvalue weighted by molar-refractivity contribution is 0.0470. The second-order valence-electron chi connectivity index (χ2n) is 5.59. The Bertz CT molecular complexity index is 421. The Kier molecular flexibility index (Phi) is 3.73. The first-order valence-corrected chi connectivity index (χ1v) is 7.76. The van der Waals surface area contributed by atoms with Crippen LogP contribution in [0.15, 0.2) is 28.7 Å². The Hall–Kier alpha value is -0.380. The minimum absolute atomic E-state index is 0.695. The summed E-state index contributed by atoms with van der Waals surface area (Å²) in [6, 6.07) is 10.2. The number of hydrogen-bond donors (Lipinski definition) is 0. The summed E-state index contributed by atoms with van der Waals surface area (Å²) in [5.74, 6) is 0. The van der Waals surface area contributed by atoms with Crippen molar-refractivity contribution in [2.75, 3.05) is 19.6 Å². The van der Waals surface area contributed by atoms with Gasteiger partial charge in [-0.3, -0.25) is 9.80 Å². The van der Waals surface area contributed by atoms with Crippen molar-refractivity contribution in [1.82, 2.24) is 9.80 Å². The van der Waals surface area contributed by atoms with Gasteiger partial charge in [-0.25, -0.2) is 0 Å². The molecule has 2 saturated heterocycles. The molecule has 0 N–H and O–H groups in total. The molecule has 0 radical (unpaired) electrons. The third kappa shape index (κ3) is 2.49. The van der Waals surface area contributed by atoms with Crippen LogP contribution in [0.2, 0.25) is 0 Å². The standard InChI is InChI=1S/C15H21BrN2/c1-12-15-6-3-7-17(15)8-9-18(12)11-13-4-2-5-14(16)10-13/h2,4-5,10,12,15H,3,6-9,11H2,1H3/t12-,15+/m0/s1. The fourth-order valence-electron chi connectivity index (χ4n) is 3.47. The number of nitrogens with zero attached hydrogens (tertiary/aromatic N) is 2. The fourth-order valence-corrected chi connectivity index (χ4v) is 3.92. The van der Waals surface area contributed by atoms with Crippen molar-refractivity contribution >= 4 is 15.9 Å². The zero-order valence-electron chi connectivity index (χ0n) is 11.0. The van der Waals surface area contributed by atoms with Crippen LogP contribution in [0, 0.1) is 0 Å². The van der Waals surface area contributed by atoms with E-state index in [9.17, 15) is 0 Å². The van der Waals surface area contributed by atoms with E-state index in [0.717, 1.165) is 12.6 Å². The van der Waals surface area contributed by atoms with Gasteiger partial charge in [0, 0.05) is 36.2 Å². The van der Waals surface area contributed by atoms with Gasteiger partial charge < -0.3 is 0 Å². The second kappa shape index (κ2) is 5.32. The van der Waals surface area contributed by atoms with E-state index in [2.05, 4.69) is 56.9 Å². The highest BCUT2D eigenvalue weighted by Crippen LogP contribution is 2.27. The highest BCUT2D eigenvalue weighted by atomic mass is 79.9. The molecule has 0 spiro atoms. The zero-order valence-corrected chi connectivity index (χ0v) is 12.6. The average Bonchev–Trinajstić information content (AvgIpc) is 2.82. The number of halogens is 1. The monoisotopic (exact) mass is 308 g/mol. The lowest BCUT2D eigenvalue weighted by atomic mass is 10.0. The normalized spacial score (nSPS) is 29.4. The number of fused-ring (bicyclic) bond motifs is 1. The summed E-state index contributed by atoms with van der Waals surface area (Å²) >= 11 is 3.56. The summed E-state index contributed by atoms with van der Waals surface area (Å²) in [7, 11) is 0. The topological polar surface area (TPSA) is 6.48 Å². The molecule has 1 aromatic rings. The Morgan fingerprint density at radius 1 is 1.28 bits per heavy atom. The Balaban J connectivity index is 1.69. The van der Waals surface area contributed by atoms with Crippen molar-refractivity contribution in [2.45, 2.75) is 38.4 Å². The summed E-state index contributed by atoms with van der Waals surface area (Å²) in [5.41, 5.74) is 1.42. The molecule has 2 fully saturated rings. The van der Waals surface area contributed by atoms with Crippen LogP contribution in [0.4, 0.5) is 0 Å². The van der Waals surface area contributed by atoms with Crippen LogP contribution in [0.1, 0.15) is 25.3 Å². The molecule has 2 atom stereocenters. The van der Waals surface area contributed by atoms with Crippen molar-refractivity contribution in [3.8, 4) is 0 Å². The predicted molar refractivity (Wildman–Crippen MR) is 78.6 cm³/mol. The maximum absolute atomic E-state index is 3.56. The SMILES string of the molecule is C[C@H]1[C@H]2CCCN2CCN1Cc1cccc(Br)c1. The fraction of sp³-hybridized carbons (Fsp3) is 0.600. The van der Waals surface area contributed by atoms with Gasteiger partial charge in [0.15, 0.2) is 0 Å². The summed E-state index contributed by atoms with van der Waals surface area (Å²) in [5, 5.41) is 0. The van der Waals surface area contributed by atoms with Gasteiger partial charge in [-0.2, -0.15) is 0 Å².